The minimum atomic E-state index is 0.818. The van der Waals surface area contributed by atoms with Gasteiger partial charge >= 0.3 is 0 Å². The lowest BCUT2D eigenvalue weighted by atomic mass is 10.2. The van der Waals surface area contributed by atoms with Gasteiger partial charge in [0.25, 0.3) is 0 Å². The number of halogens is 1. The zero-order valence-corrected chi connectivity index (χ0v) is 13.5. The zero-order chi connectivity index (χ0) is 14.7. The first-order chi connectivity index (χ1) is 10.2. The van der Waals surface area contributed by atoms with Crippen molar-refractivity contribution in [2.24, 2.45) is 0 Å². The van der Waals surface area contributed by atoms with Crippen molar-refractivity contribution in [1.29, 1.82) is 0 Å². The van der Waals surface area contributed by atoms with Crippen molar-refractivity contribution < 1.29 is 0 Å². The van der Waals surface area contributed by atoms with Gasteiger partial charge in [-0.05, 0) is 52.3 Å². The predicted octanol–water partition coefficient (Wildman–Crippen LogP) is 2.75. The largest absolute Gasteiger partial charge is 0.399 e. The van der Waals surface area contributed by atoms with E-state index in [1.807, 2.05) is 24.4 Å². The molecule has 0 spiro atoms. The Hall–Kier alpha value is -1.59. The first kappa shape index (κ1) is 14.4. The van der Waals surface area contributed by atoms with E-state index >= 15 is 0 Å². The summed E-state index contributed by atoms with van der Waals surface area (Å²) in [7, 11) is 0. The van der Waals surface area contributed by atoms with Crippen molar-refractivity contribution in [2.75, 3.05) is 36.8 Å². The Morgan fingerprint density at radius 3 is 2.33 bits per heavy atom. The Kier molecular flexibility index (Phi) is 4.41. The molecule has 1 aliphatic rings. The SMILES string of the molecule is Nc1ccc(N2CCN(Cc3ccc(Br)cn3)CC2)cc1. The molecule has 2 N–H and O–H groups in total. The summed E-state index contributed by atoms with van der Waals surface area (Å²) in [5, 5.41) is 0. The Morgan fingerprint density at radius 2 is 1.71 bits per heavy atom. The number of anilines is 2. The maximum absolute atomic E-state index is 5.74. The summed E-state index contributed by atoms with van der Waals surface area (Å²) in [6.07, 6.45) is 1.86. The maximum Gasteiger partial charge on any atom is 0.0544 e. The maximum atomic E-state index is 5.74. The molecule has 21 heavy (non-hydrogen) atoms. The smallest absolute Gasteiger partial charge is 0.0544 e. The van der Waals surface area contributed by atoms with Crippen LogP contribution >= 0.6 is 15.9 Å². The van der Waals surface area contributed by atoms with E-state index in [4.69, 9.17) is 5.73 Å². The molecule has 110 valence electrons. The van der Waals surface area contributed by atoms with Crippen LogP contribution in [0.2, 0.25) is 0 Å². The molecule has 3 rings (SSSR count). The van der Waals surface area contributed by atoms with Gasteiger partial charge in [0, 0.05) is 54.8 Å². The Bertz CT molecular complexity index is 574. The van der Waals surface area contributed by atoms with Gasteiger partial charge in [-0.15, -0.1) is 0 Å². The minimum absolute atomic E-state index is 0.818. The van der Waals surface area contributed by atoms with Crippen LogP contribution in [0, 0.1) is 0 Å². The lowest BCUT2D eigenvalue weighted by molar-refractivity contribution is 0.247. The van der Waals surface area contributed by atoms with Crippen molar-refractivity contribution in [3.8, 4) is 0 Å². The molecule has 0 saturated carbocycles. The van der Waals surface area contributed by atoms with Crippen LogP contribution in [0.5, 0.6) is 0 Å². The van der Waals surface area contributed by atoms with Gasteiger partial charge in [0.15, 0.2) is 0 Å². The molecule has 1 fully saturated rings. The molecular weight excluding hydrogens is 328 g/mol. The molecule has 0 aliphatic carbocycles. The van der Waals surface area contributed by atoms with Crippen LogP contribution in [0.25, 0.3) is 0 Å². The Balaban J connectivity index is 1.55. The third kappa shape index (κ3) is 3.74. The standard InChI is InChI=1S/C16H19BrN4/c17-13-1-4-15(19-11-13)12-20-7-9-21(10-8-20)16-5-2-14(18)3-6-16/h1-6,11H,7-10,12,18H2. The summed E-state index contributed by atoms with van der Waals surface area (Å²) < 4.78 is 1.03. The number of hydrogen-bond donors (Lipinski definition) is 1. The minimum Gasteiger partial charge on any atom is -0.399 e. The molecule has 2 aromatic rings. The fourth-order valence-corrected chi connectivity index (χ4v) is 2.81. The van der Waals surface area contributed by atoms with Gasteiger partial charge in [-0.2, -0.15) is 0 Å². The number of rotatable bonds is 3. The quantitative estimate of drug-likeness (QED) is 0.868. The molecule has 0 unspecified atom stereocenters. The van der Waals surface area contributed by atoms with Crippen LogP contribution in [0.1, 0.15) is 5.69 Å². The number of hydrogen-bond acceptors (Lipinski definition) is 4. The average Bonchev–Trinajstić information content (AvgIpc) is 2.51. The molecule has 1 aromatic carbocycles. The van der Waals surface area contributed by atoms with E-state index in [0.29, 0.717) is 0 Å². The molecule has 5 heteroatoms. The second-order valence-electron chi connectivity index (χ2n) is 5.32. The molecule has 1 aliphatic heterocycles. The third-order valence-corrected chi connectivity index (χ3v) is 4.27. The highest BCUT2D eigenvalue weighted by molar-refractivity contribution is 9.10. The highest BCUT2D eigenvalue weighted by Gasteiger charge is 2.17. The van der Waals surface area contributed by atoms with E-state index in [1.165, 1.54) is 5.69 Å². The van der Waals surface area contributed by atoms with Crippen LogP contribution in [0.3, 0.4) is 0 Å². The van der Waals surface area contributed by atoms with Gasteiger partial charge in [0.1, 0.15) is 0 Å². The summed E-state index contributed by atoms with van der Waals surface area (Å²) in [4.78, 5) is 9.30. The Labute approximate surface area is 133 Å². The third-order valence-electron chi connectivity index (χ3n) is 3.80. The van der Waals surface area contributed by atoms with Crippen molar-refractivity contribution in [1.82, 2.24) is 9.88 Å². The van der Waals surface area contributed by atoms with E-state index in [-0.39, 0.29) is 0 Å². The van der Waals surface area contributed by atoms with Crippen molar-refractivity contribution in [3.63, 3.8) is 0 Å². The highest BCUT2D eigenvalue weighted by Crippen LogP contribution is 2.18. The lowest BCUT2D eigenvalue weighted by Gasteiger charge is -2.36. The van der Waals surface area contributed by atoms with Crippen LogP contribution in [-0.2, 0) is 6.54 Å². The zero-order valence-electron chi connectivity index (χ0n) is 11.9. The van der Waals surface area contributed by atoms with Crippen LogP contribution in [0.4, 0.5) is 11.4 Å². The van der Waals surface area contributed by atoms with Gasteiger partial charge < -0.3 is 10.6 Å². The average molecular weight is 347 g/mol. The van der Waals surface area contributed by atoms with E-state index in [1.54, 1.807) is 0 Å². The monoisotopic (exact) mass is 346 g/mol. The summed E-state index contributed by atoms with van der Waals surface area (Å²) >= 11 is 3.42. The number of benzene rings is 1. The number of nitrogen functional groups attached to an aromatic ring is 1. The molecule has 1 saturated heterocycles. The summed E-state index contributed by atoms with van der Waals surface area (Å²) in [6.45, 7) is 5.12. The predicted molar refractivity (Wildman–Crippen MR) is 90.3 cm³/mol. The fourth-order valence-electron chi connectivity index (χ4n) is 2.58. The van der Waals surface area contributed by atoms with Crippen LogP contribution < -0.4 is 10.6 Å². The number of nitrogens with two attached hydrogens (primary N) is 1. The lowest BCUT2D eigenvalue weighted by Crippen LogP contribution is -2.46. The van der Waals surface area contributed by atoms with Gasteiger partial charge in [-0.3, -0.25) is 9.88 Å². The van der Waals surface area contributed by atoms with E-state index < -0.39 is 0 Å². The van der Waals surface area contributed by atoms with Gasteiger partial charge in [-0.25, -0.2) is 0 Å². The molecule has 4 nitrogen and oxygen atoms in total. The second kappa shape index (κ2) is 6.45. The van der Waals surface area contributed by atoms with E-state index in [0.717, 1.165) is 48.6 Å². The second-order valence-corrected chi connectivity index (χ2v) is 6.24. The normalized spacial score (nSPS) is 16.1. The van der Waals surface area contributed by atoms with Crippen molar-refractivity contribution >= 4 is 27.3 Å². The fraction of sp³-hybridized carbons (Fsp3) is 0.312. The first-order valence-electron chi connectivity index (χ1n) is 7.14. The Morgan fingerprint density at radius 1 is 1.00 bits per heavy atom. The van der Waals surface area contributed by atoms with Crippen LogP contribution in [-0.4, -0.2) is 36.1 Å². The van der Waals surface area contributed by atoms with Crippen molar-refractivity contribution in [2.45, 2.75) is 6.54 Å². The molecule has 1 aromatic heterocycles. The van der Waals surface area contributed by atoms with Crippen molar-refractivity contribution in [3.05, 3.63) is 52.8 Å². The molecule has 2 heterocycles. The number of piperazine rings is 1. The summed E-state index contributed by atoms with van der Waals surface area (Å²) in [5.41, 5.74) is 8.94. The molecular formula is C16H19BrN4. The van der Waals surface area contributed by atoms with Gasteiger partial charge in [0.2, 0.25) is 0 Å². The summed E-state index contributed by atoms with van der Waals surface area (Å²) in [6, 6.07) is 12.3. The molecule has 0 amide bonds. The number of pyridine rings is 1. The first-order valence-corrected chi connectivity index (χ1v) is 7.93. The van der Waals surface area contributed by atoms with Crippen LogP contribution in [0.15, 0.2) is 47.1 Å². The van der Waals surface area contributed by atoms with E-state index in [2.05, 4.69) is 48.9 Å². The highest BCUT2D eigenvalue weighted by atomic mass is 79.9. The van der Waals surface area contributed by atoms with E-state index in [9.17, 15) is 0 Å². The topological polar surface area (TPSA) is 45.4 Å². The number of aromatic nitrogens is 1. The molecule has 0 bridgehead atoms. The van der Waals surface area contributed by atoms with Gasteiger partial charge in [0.05, 0.1) is 5.69 Å². The number of nitrogens with zero attached hydrogens (tertiary/aromatic N) is 3. The molecule has 0 atom stereocenters. The summed E-state index contributed by atoms with van der Waals surface area (Å²) in [5.74, 6) is 0. The van der Waals surface area contributed by atoms with Gasteiger partial charge in [-0.1, -0.05) is 0 Å². The molecule has 0 radical (unpaired) electrons.